The number of benzene rings is 2. The van der Waals surface area contributed by atoms with Crippen molar-refractivity contribution in [3.63, 3.8) is 0 Å². The molecule has 0 radical (unpaired) electrons. The van der Waals surface area contributed by atoms with Gasteiger partial charge < -0.3 is 9.47 Å². The summed E-state index contributed by atoms with van der Waals surface area (Å²) in [5.74, 6) is 1.15. The van der Waals surface area contributed by atoms with Crippen LogP contribution in [0.3, 0.4) is 0 Å². The van der Waals surface area contributed by atoms with Crippen LogP contribution in [0.15, 0.2) is 58.8 Å². The van der Waals surface area contributed by atoms with E-state index in [1.807, 2.05) is 12.1 Å². The lowest BCUT2D eigenvalue weighted by Crippen LogP contribution is -2.17. The number of alkyl halides is 3. The normalized spacial score (nSPS) is 11.9. The number of hydrogen-bond acceptors (Lipinski definition) is 5. The lowest BCUT2D eigenvalue weighted by molar-refractivity contribution is -0.137. The number of nitrogens with zero attached hydrogens (tertiary/aromatic N) is 2. The molecule has 5 nitrogen and oxygen atoms in total. The first-order chi connectivity index (χ1) is 16.8. The topological polar surface area (TPSA) is 52.8 Å². The van der Waals surface area contributed by atoms with E-state index in [1.165, 1.54) is 27.9 Å². The average Bonchev–Trinajstić information content (AvgIpc) is 3.32. The quantitative estimate of drug-likeness (QED) is 0.250. The second-order valence-electron chi connectivity index (χ2n) is 7.72. The van der Waals surface area contributed by atoms with E-state index in [4.69, 9.17) is 9.47 Å². The fourth-order valence-corrected chi connectivity index (χ4v) is 4.29. The molecule has 0 N–H and O–H groups in total. The molecule has 0 unspecified atom stereocenters. The summed E-state index contributed by atoms with van der Waals surface area (Å²) >= 11 is 1.29. The minimum Gasteiger partial charge on any atom is -0.493 e. The molecule has 0 aliphatic rings. The van der Waals surface area contributed by atoms with Crippen molar-refractivity contribution < 1.29 is 22.6 Å². The van der Waals surface area contributed by atoms with Gasteiger partial charge >= 0.3 is 6.18 Å². The number of unbranched alkanes of at least 4 members (excludes halogenated alkanes) is 1. The van der Waals surface area contributed by atoms with E-state index in [-0.39, 0.29) is 11.1 Å². The van der Waals surface area contributed by atoms with Crippen molar-refractivity contribution in [3.8, 4) is 22.6 Å². The van der Waals surface area contributed by atoms with E-state index < -0.39 is 11.7 Å². The summed E-state index contributed by atoms with van der Waals surface area (Å²) in [5, 5.41) is 1.73. The van der Waals surface area contributed by atoms with Crippen molar-refractivity contribution in [1.29, 1.82) is 0 Å². The number of aromatic nitrogens is 2. The van der Waals surface area contributed by atoms with Gasteiger partial charge in [0.25, 0.3) is 5.56 Å². The number of hydrogen-bond donors (Lipinski definition) is 0. The van der Waals surface area contributed by atoms with Crippen LogP contribution in [0.1, 0.15) is 36.6 Å². The van der Waals surface area contributed by atoms with E-state index in [1.54, 1.807) is 36.9 Å². The Balaban J connectivity index is 1.81. The van der Waals surface area contributed by atoms with Crippen LogP contribution >= 0.6 is 11.3 Å². The molecule has 182 valence electrons. The monoisotopic (exact) mass is 500 g/mol. The number of thiazole rings is 1. The smallest absolute Gasteiger partial charge is 0.416 e. The third-order valence-corrected chi connectivity index (χ3v) is 6.15. The molecule has 0 fully saturated rings. The van der Waals surface area contributed by atoms with Gasteiger partial charge in [-0.15, -0.1) is 11.3 Å². The van der Waals surface area contributed by atoms with Crippen molar-refractivity contribution in [2.45, 2.75) is 25.9 Å². The Labute approximate surface area is 204 Å². The first-order valence-corrected chi connectivity index (χ1v) is 11.9. The molecule has 4 rings (SSSR count). The van der Waals surface area contributed by atoms with Crippen LogP contribution in [0.2, 0.25) is 0 Å². The summed E-state index contributed by atoms with van der Waals surface area (Å²) in [6.07, 6.45) is 2.43. The number of ether oxygens (including phenoxy) is 2. The Morgan fingerprint density at radius 3 is 2.57 bits per heavy atom. The van der Waals surface area contributed by atoms with Gasteiger partial charge in [-0.1, -0.05) is 37.6 Å². The van der Waals surface area contributed by atoms with E-state index in [9.17, 15) is 18.0 Å². The number of fused-ring (bicyclic) bond motifs is 1. The second kappa shape index (κ2) is 10.4. The molecule has 0 atom stereocenters. The van der Waals surface area contributed by atoms with E-state index in [0.29, 0.717) is 34.3 Å². The van der Waals surface area contributed by atoms with Gasteiger partial charge in [0.05, 0.1) is 30.5 Å². The third kappa shape index (κ3) is 5.24. The van der Waals surface area contributed by atoms with Crippen LogP contribution in [0.4, 0.5) is 13.2 Å². The SMILES string of the molecule is CCCCOc1c(/C=C/c2nc3sccn3c(=O)c2-c2ccc(C(F)(F)F)cc2)cccc1OC. The molecular formula is C26H23F3N2O3S. The van der Waals surface area contributed by atoms with Crippen molar-refractivity contribution in [2.75, 3.05) is 13.7 Å². The Morgan fingerprint density at radius 2 is 1.89 bits per heavy atom. The fourth-order valence-electron chi connectivity index (χ4n) is 3.58. The van der Waals surface area contributed by atoms with Gasteiger partial charge in [-0.25, -0.2) is 4.98 Å². The zero-order chi connectivity index (χ0) is 25.0. The van der Waals surface area contributed by atoms with Crippen molar-refractivity contribution >= 4 is 28.4 Å². The molecule has 0 saturated heterocycles. The van der Waals surface area contributed by atoms with Gasteiger partial charge in [0.15, 0.2) is 16.5 Å². The van der Waals surface area contributed by atoms with Crippen LogP contribution in [-0.4, -0.2) is 23.1 Å². The highest BCUT2D eigenvalue weighted by molar-refractivity contribution is 7.15. The number of para-hydroxylation sites is 1. The minimum absolute atomic E-state index is 0.210. The summed E-state index contributed by atoms with van der Waals surface area (Å²) in [5.41, 5.74) is 0.489. The summed E-state index contributed by atoms with van der Waals surface area (Å²) in [6.45, 7) is 2.59. The minimum atomic E-state index is -4.47. The summed E-state index contributed by atoms with van der Waals surface area (Å²) < 4.78 is 52.0. The van der Waals surface area contributed by atoms with Crippen LogP contribution in [0, 0.1) is 0 Å². The van der Waals surface area contributed by atoms with E-state index in [0.717, 1.165) is 30.5 Å². The maximum atomic E-state index is 13.3. The number of halogens is 3. The van der Waals surface area contributed by atoms with E-state index >= 15 is 0 Å². The number of methoxy groups -OCH3 is 1. The lowest BCUT2D eigenvalue weighted by Gasteiger charge is -2.13. The molecule has 2 aromatic carbocycles. The zero-order valence-corrected chi connectivity index (χ0v) is 19.9. The summed E-state index contributed by atoms with van der Waals surface area (Å²) in [6, 6.07) is 10.00. The predicted molar refractivity (Wildman–Crippen MR) is 132 cm³/mol. The predicted octanol–water partition coefficient (Wildman–Crippen LogP) is 6.80. The van der Waals surface area contributed by atoms with Crippen molar-refractivity contribution in [2.24, 2.45) is 0 Å². The highest BCUT2D eigenvalue weighted by atomic mass is 32.1. The molecule has 0 bridgehead atoms. The molecule has 2 aromatic heterocycles. The first-order valence-electron chi connectivity index (χ1n) is 11.0. The van der Waals surface area contributed by atoms with Gasteiger partial charge in [0, 0.05) is 17.1 Å². The molecule has 2 heterocycles. The Hall–Kier alpha value is -3.59. The lowest BCUT2D eigenvalue weighted by atomic mass is 10.0. The molecule has 9 heteroatoms. The third-order valence-electron chi connectivity index (χ3n) is 5.39. The van der Waals surface area contributed by atoms with Crippen LogP contribution in [0.5, 0.6) is 11.5 Å². The zero-order valence-electron chi connectivity index (χ0n) is 19.1. The maximum absolute atomic E-state index is 13.3. The Morgan fingerprint density at radius 1 is 1.11 bits per heavy atom. The van der Waals surface area contributed by atoms with Gasteiger partial charge in [-0.2, -0.15) is 13.2 Å². The highest BCUT2D eigenvalue weighted by Gasteiger charge is 2.30. The molecule has 0 amide bonds. The van der Waals surface area contributed by atoms with Crippen LogP contribution in [-0.2, 0) is 6.18 Å². The molecule has 4 aromatic rings. The van der Waals surface area contributed by atoms with Crippen molar-refractivity contribution in [1.82, 2.24) is 9.38 Å². The average molecular weight is 501 g/mol. The maximum Gasteiger partial charge on any atom is 0.416 e. The first kappa shape index (κ1) is 24.5. The summed E-state index contributed by atoms with van der Waals surface area (Å²) in [4.78, 5) is 18.4. The molecule has 0 spiro atoms. The van der Waals surface area contributed by atoms with Crippen LogP contribution in [0.25, 0.3) is 28.2 Å². The molecule has 0 aliphatic heterocycles. The standard InChI is InChI=1S/C26H23F3N2O3S/c1-3-4-15-34-23-18(6-5-7-21(23)33-2)10-13-20-22(24(32)31-14-16-35-25(31)30-20)17-8-11-19(12-9-17)26(27,28)29/h5-14,16H,3-4,15H2,1-2H3/b13-10+. The fraction of sp³-hybridized carbons (Fsp3) is 0.231. The largest absolute Gasteiger partial charge is 0.493 e. The Bertz CT molecular complexity index is 1410. The Kier molecular flexibility index (Phi) is 7.25. The van der Waals surface area contributed by atoms with Gasteiger partial charge in [0.2, 0.25) is 0 Å². The van der Waals surface area contributed by atoms with Crippen LogP contribution < -0.4 is 15.0 Å². The second-order valence-corrected chi connectivity index (χ2v) is 8.59. The molecule has 0 aliphatic carbocycles. The van der Waals surface area contributed by atoms with Crippen molar-refractivity contribution in [3.05, 3.63) is 81.2 Å². The molecule has 35 heavy (non-hydrogen) atoms. The number of rotatable bonds is 8. The van der Waals surface area contributed by atoms with E-state index in [2.05, 4.69) is 11.9 Å². The summed E-state index contributed by atoms with van der Waals surface area (Å²) in [7, 11) is 1.56. The highest BCUT2D eigenvalue weighted by Crippen LogP contribution is 2.34. The van der Waals surface area contributed by atoms with Gasteiger partial charge in [-0.3, -0.25) is 9.20 Å². The molecule has 0 saturated carbocycles. The molecular weight excluding hydrogens is 477 g/mol. The van der Waals surface area contributed by atoms with Gasteiger partial charge in [0.1, 0.15) is 0 Å². The van der Waals surface area contributed by atoms with Gasteiger partial charge in [-0.05, 0) is 42.3 Å².